The molecule has 0 aliphatic rings. The fraction of sp³-hybridized carbons (Fsp3) is 0.600. The SMILES string of the molecule is CCCC(=O)C(=O)ON.O=P(O)(O)O. The van der Waals surface area contributed by atoms with Crippen molar-refractivity contribution in [1.29, 1.82) is 0 Å². The molecule has 0 aromatic rings. The molecular formula is C5H12NO7P. The smallest absolute Gasteiger partial charge is 0.367 e. The Balaban J connectivity index is 0. The fourth-order valence-electron chi connectivity index (χ4n) is 0.395. The first kappa shape index (κ1) is 15.7. The molecule has 0 rings (SSSR count). The molecule has 0 saturated heterocycles. The van der Waals surface area contributed by atoms with E-state index in [9.17, 15) is 9.59 Å². The first-order valence-electron chi connectivity index (χ1n) is 3.44. The molecule has 0 aliphatic carbocycles. The van der Waals surface area contributed by atoms with Gasteiger partial charge < -0.3 is 19.5 Å². The van der Waals surface area contributed by atoms with Crippen LogP contribution in [0.2, 0.25) is 0 Å². The zero-order valence-corrected chi connectivity index (χ0v) is 8.31. The zero-order chi connectivity index (χ0) is 11.8. The topological polar surface area (TPSA) is 147 Å². The van der Waals surface area contributed by atoms with E-state index in [2.05, 4.69) is 10.7 Å². The van der Waals surface area contributed by atoms with Crippen LogP contribution in [0.3, 0.4) is 0 Å². The Kier molecular flexibility index (Phi) is 8.51. The van der Waals surface area contributed by atoms with E-state index >= 15 is 0 Å². The van der Waals surface area contributed by atoms with Crippen LogP contribution in [-0.4, -0.2) is 26.4 Å². The number of ketones is 1. The first-order valence-corrected chi connectivity index (χ1v) is 5.01. The minimum absolute atomic E-state index is 0.204. The van der Waals surface area contributed by atoms with Gasteiger partial charge in [0, 0.05) is 6.42 Å². The summed E-state index contributed by atoms with van der Waals surface area (Å²) in [4.78, 5) is 45.9. The summed E-state index contributed by atoms with van der Waals surface area (Å²) in [7, 11) is -4.64. The van der Waals surface area contributed by atoms with E-state index in [0.29, 0.717) is 6.42 Å². The van der Waals surface area contributed by atoms with Crippen molar-refractivity contribution in [2.45, 2.75) is 19.8 Å². The normalized spacial score (nSPS) is 9.79. The molecule has 0 heterocycles. The van der Waals surface area contributed by atoms with Gasteiger partial charge >= 0.3 is 13.8 Å². The highest BCUT2D eigenvalue weighted by Crippen LogP contribution is 2.25. The van der Waals surface area contributed by atoms with Gasteiger partial charge in [-0.25, -0.2) is 9.36 Å². The molecule has 0 radical (unpaired) electrons. The molecule has 0 saturated carbocycles. The minimum Gasteiger partial charge on any atom is -0.367 e. The van der Waals surface area contributed by atoms with Gasteiger partial charge in [0.25, 0.3) is 0 Å². The van der Waals surface area contributed by atoms with Crippen molar-refractivity contribution in [3.05, 3.63) is 0 Å². The van der Waals surface area contributed by atoms with Crippen molar-refractivity contribution >= 4 is 19.6 Å². The van der Waals surface area contributed by atoms with Gasteiger partial charge in [-0.15, -0.1) is 0 Å². The van der Waals surface area contributed by atoms with Gasteiger partial charge in [-0.05, 0) is 6.42 Å². The van der Waals surface area contributed by atoms with E-state index in [0.717, 1.165) is 0 Å². The van der Waals surface area contributed by atoms with E-state index in [1.165, 1.54) is 0 Å². The van der Waals surface area contributed by atoms with E-state index in [1.807, 2.05) is 0 Å². The minimum atomic E-state index is -4.64. The Morgan fingerprint density at radius 1 is 1.36 bits per heavy atom. The molecule has 0 spiro atoms. The average molecular weight is 229 g/mol. The van der Waals surface area contributed by atoms with Crippen LogP contribution >= 0.6 is 7.82 Å². The van der Waals surface area contributed by atoms with Crippen molar-refractivity contribution in [2.75, 3.05) is 0 Å². The Labute approximate surface area is 79.9 Å². The Morgan fingerprint density at radius 2 is 1.71 bits per heavy atom. The maximum absolute atomic E-state index is 10.4. The lowest BCUT2D eigenvalue weighted by molar-refractivity contribution is -0.154. The lowest BCUT2D eigenvalue weighted by Crippen LogP contribution is -2.20. The van der Waals surface area contributed by atoms with Crippen molar-refractivity contribution in [3.63, 3.8) is 0 Å². The predicted octanol–water partition coefficient (Wildman–Crippen LogP) is -1.16. The Hall–Kier alpha value is -0.790. The van der Waals surface area contributed by atoms with Gasteiger partial charge in [0.2, 0.25) is 5.78 Å². The van der Waals surface area contributed by atoms with Gasteiger partial charge in [0.15, 0.2) is 0 Å². The second kappa shape index (κ2) is 7.60. The van der Waals surface area contributed by atoms with Crippen LogP contribution in [0.5, 0.6) is 0 Å². The van der Waals surface area contributed by atoms with Crippen molar-refractivity contribution in [2.24, 2.45) is 5.90 Å². The Morgan fingerprint density at radius 3 is 1.93 bits per heavy atom. The van der Waals surface area contributed by atoms with Gasteiger partial charge in [0.1, 0.15) is 0 Å². The van der Waals surface area contributed by atoms with E-state index in [4.69, 9.17) is 19.2 Å². The van der Waals surface area contributed by atoms with Crippen LogP contribution in [-0.2, 0) is 19.0 Å². The van der Waals surface area contributed by atoms with Gasteiger partial charge in [-0.2, -0.15) is 5.90 Å². The van der Waals surface area contributed by atoms with Gasteiger partial charge in [-0.1, -0.05) is 6.92 Å². The number of rotatable bonds is 3. The van der Waals surface area contributed by atoms with Crippen LogP contribution in [0, 0.1) is 0 Å². The summed E-state index contributed by atoms with van der Waals surface area (Å²) in [6, 6.07) is 0. The number of hydrogen-bond acceptors (Lipinski definition) is 5. The highest BCUT2D eigenvalue weighted by Gasteiger charge is 2.11. The second-order valence-electron chi connectivity index (χ2n) is 2.09. The van der Waals surface area contributed by atoms with E-state index in [1.54, 1.807) is 6.92 Å². The third-order valence-electron chi connectivity index (χ3n) is 0.812. The molecule has 0 bridgehead atoms. The van der Waals surface area contributed by atoms with Crippen LogP contribution in [0.4, 0.5) is 0 Å². The summed E-state index contributed by atoms with van der Waals surface area (Å²) in [6.07, 6.45) is 0.837. The summed E-state index contributed by atoms with van der Waals surface area (Å²) in [5.41, 5.74) is 0. The molecule has 5 N–H and O–H groups in total. The molecule has 0 aromatic carbocycles. The largest absolute Gasteiger partial charge is 0.466 e. The Bertz CT molecular complexity index is 226. The monoisotopic (exact) mass is 229 g/mol. The molecule has 0 fully saturated rings. The zero-order valence-electron chi connectivity index (χ0n) is 7.41. The van der Waals surface area contributed by atoms with Gasteiger partial charge in [-0.3, -0.25) is 4.79 Å². The molecule has 84 valence electrons. The van der Waals surface area contributed by atoms with Crippen molar-refractivity contribution in [3.8, 4) is 0 Å². The number of hydrogen-bond donors (Lipinski definition) is 4. The molecule has 0 amide bonds. The molecule has 0 atom stereocenters. The molecule has 0 aliphatic heterocycles. The number of carbonyl (C=O) groups excluding carboxylic acids is 2. The highest BCUT2D eigenvalue weighted by atomic mass is 31.2. The van der Waals surface area contributed by atoms with Crippen LogP contribution in [0.15, 0.2) is 0 Å². The van der Waals surface area contributed by atoms with Crippen molar-refractivity contribution in [1.82, 2.24) is 0 Å². The number of nitrogens with two attached hydrogens (primary N) is 1. The number of Topliss-reactive ketones (excluding diaryl/α,β-unsaturated/α-hetero) is 1. The standard InChI is InChI=1S/C5H9NO3.H3O4P/c1-2-3-4(7)5(8)9-6;1-5(2,3)4/h2-3,6H2,1H3;(H3,1,2,3,4). The second-order valence-corrected chi connectivity index (χ2v) is 3.12. The third kappa shape index (κ3) is 17.3. The average Bonchev–Trinajstić information content (AvgIpc) is 2.00. The third-order valence-corrected chi connectivity index (χ3v) is 0.812. The van der Waals surface area contributed by atoms with Crippen LogP contribution < -0.4 is 5.90 Å². The highest BCUT2D eigenvalue weighted by molar-refractivity contribution is 7.45. The summed E-state index contributed by atoms with van der Waals surface area (Å²) in [5.74, 6) is 2.90. The molecule has 9 heteroatoms. The van der Waals surface area contributed by atoms with Gasteiger partial charge in [0.05, 0.1) is 0 Å². The van der Waals surface area contributed by atoms with Crippen molar-refractivity contribution < 1.29 is 33.7 Å². The molecule has 0 aromatic heterocycles. The summed E-state index contributed by atoms with van der Waals surface area (Å²) < 4.78 is 8.88. The lowest BCUT2D eigenvalue weighted by Gasteiger charge is -1.92. The lowest BCUT2D eigenvalue weighted by atomic mass is 10.2. The maximum Gasteiger partial charge on any atom is 0.466 e. The molecular weight excluding hydrogens is 217 g/mol. The fourth-order valence-corrected chi connectivity index (χ4v) is 0.395. The van der Waals surface area contributed by atoms with E-state index in [-0.39, 0.29) is 6.42 Å². The summed E-state index contributed by atoms with van der Waals surface area (Å²) >= 11 is 0. The summed E-state index contributed by atoms with van der Waals surface area (Å²) in [5, 5.41) is 0. The molecule has 0 unspecified atom stereocenters. The maximum atomic E-state index is 10.4. The predicted molar refractivity (Wildman–Crippen MR) is 44.5 cm³/mol. The first-order chi connectivity index (χ1) is 6.22. The number of carbonyl (C=O) groups is 2. The van der Waals surface area contributed by atoms with E-state index < -0.39 is 19.6 Å². The summed E-state index contributed by atoms with van der Waals surface area (Å²) in [6.45, 7) is 1.79. The molecule has 8 nitrogen and oxygen atoms in total. The van der Waals surface area contributed by atoms with Crippen LogP contribution in [0.1, 0.15) is 19.8 Å². The number of phosphoric acid groups is 1. The quantitative estimate of drug-likeness (QED) is 0.269. The molecule has 14 heavy (non-hydrogen) atoms. The van der Waals surface area contributed by atoms with Crippen LogP contribution in [0.25, 0.3) is 0 Å².